The maximum absolute atomic E-state index is 14.7. The van der Waals surface area contributed by atoms with Crippen molar-refractivity contribution in [2.45, 2.75) is 18.9 Å². The van der Waals surface area contributed by atoms with Crippen LogP contribution in [0.5, 0.6) is 0 Å². The number of H-pyrrole nitrogens is 1. The van der Waals surface area contributed by atoms with Crippen LogP contribution >= 0.6 is 0 Å². The van der Waals surface area contributed by atoms with Gasteiger partial charge in [0.05, 0.1) is 17.9 Å². The van der Waals surface area contributed by atoms with E-state index < -0.39 is 11.6 Å². The lowest BCUT2D eigenvalue weighted by atomic mass is 10.0. The molecule has 1 atom stereocenters. The average molecular weight is 473 g/mol. The second-order valence-corrected chi connectivity index (χ2v) is 8.19. The normalized spacial score (nSPS) is 14.9. The summed E-state index contributed by atoms with van der Waals surface area (Å²) in [4.78, 5) is 25.1. The molecule has 5 aromatic rings. The summed E-state index contributed by atoms with van der Waals surface area (Å²) in [7, 11) is 0. The number of rotatable bonds is 4. The highest BCUT2D eigenvalue weighted by molar-refractivity contribution is 5.73. The molecule has 0 unspecified atom stereocenters. The first-order chi connectivity index (χ1) is 17.0. The second-order valence-electron chi connectivity index (χ2n) is 8.19. The maximum atomic E-state index is 14.7. The molecule has 35 heavy (non-hydrogen) atoms. The van der Waals surface area contributed by atoms with Crippen molar-refractivity contribution in [1.82, 2.24) is 39.7 Å². The highest BCUT2D eigenvalue weighted by atomic mass is 19.1. The Morgan fingerprint density at radius 3 is 2.71 bits per heavy atom. The van der Waals surface area contributed by atoms with E-state index in [2.05, 4.69) is 30.5 Å². The van der Waals surface area contributed by atoms with Crippen LogP contribution in [-0.4, -0.2) is 39.7 Å². The number of halogens is 2. The summed E-state index contributed by atoms with van der Waals surface area (Å²) < 4.78 is 31.6. The van der Waals surface area contributed by atoms with Crippen molar-refractivity contribution in [2.24, 2.45) is 0 Å². The number of hydrogen-bond donors (Lipinski definition) is 2. The largest absolute Gasteiger partial charge is 0.384 e. The van der Waals surface area contributed by atoms with E-state index in [0.29, 0.717) is 30.0 Å². The molecule has 0 saturated heterocycles. The van der Waals surface area contributed by atoms with Gasteiger partial charge in [-0.05, 0) is 53.1 Å². The third kappa shape index (κ3) is 3.55. The number of anilines is 1. The van der Waals surface area contributed by atoms with Gasteiger partial charge in [-0.3, -0.25) is 4.79 Å². The third-order valence-corrected chi connectivity index (χ3v) is 6.06. The molecule has 0 spiro atoms. The van der Waals surface area contributed by atoms with E-state index in [1.165, 1.54) is 12.4 Å². The number of tetrazole rings is 1. The maximum Gasteiger partial charge on any atom is 0.252 e. The molecule has 6 rings (SSSR count). The molecule has 10 nitrogen and oxygen atoms in total. The Hall–Kier alpha value is -4.74. The van der Waals surface area contributed by atoms with Crippen molar-refractivity contribution in [3.05, 3.63) is 88.6 Å². The van der Waals surface area contributed by atoms with Crippen LogP contribution in [-0.2, 0) is 6.42 Å². The van der Waals surface area contributed by atoms with E-state index in [1.807, 2.05) is 6.07 Å². The Kier molecular flexibility index (Phi) is 4.73. The summed E-state index contributed by atoms with van der Waals surface area (Å²) in [6, 6.07) is 8.27. The first-order valence-electron chi connectivity index (χ1n) is 10.7. The minimum atomic E-state index is -0.842. The molecule has 0 aliphatic carbocycles. The molecule has 0 bridgehead atoms. The van der Waals surface area contributed by atoms with E-state index in [1.54, 1.807) is 29.1 Å². The first-order valence-corrected chi connectivity index (χ1v) is 10.7. The molecule has 0 amide bonds. The van der Waals surface area contributed by atoms with Crippen LogP contribution in [0.15, 0.2) is 59.9 Å². The SMILES string of the molecule is Nc1ccc(-c2cnc([C@@H]3CCc4cc(-c5cc(F)cc(F)c5-n5cnnn5)cc(=O)n43)[nH]2)cn1. The van der Waals surface area contributed by atoms with Gasteiger partial charge in [-0.2, -0.15) is 4.68 Å². The van der Waals surface area contributed by atoms with Gasteiger partial charge in [0.15, 0.2) is 5.82 Å². The van der Waals surface area contributed by atoms with Gasteiger partial charge in [0.1, 0.15) is 29.5 Å². The Bertz CT molecular complexity index is 1610. The summed E-state index contributed by atoms with van der Waals surface area (Å²) in [5.74, 6) is -0.558. The average Bonchev–Trinajstić information content (AvgIpc) is 3.59. The third-order valence-electron chi connectivity index (χ3n) is 6.06. The van der Waals surface area contributed by atoms with Crippen molar-refractivity contribution < 1.29 is 8.78 Å². The highest BCUT2D eigenvalue weighted by Gasteiger charge is 2.28. The molecule has 5 heterocycles. The first kappa shape index (κ1) is 20.8. The number of nitrogens with zero attached hydrogens (tertiary/aromatic N) is 7. The molecule has 0 radical (unpaired) electrons. The van der Waals surface area contributed by atoms with Gasteiger partial charge in [-0.25, -0.2) is 18.7 Å². The smallest absolute Gasteiger partial charge is 0.252 e. The zero-order valence-electron chi connectivity index (χ0n) is 18.1. The molecular weight excluding hydrogens is 456 g/mol. The summed E-state index contributed by atoms with van der Waals surface area (Å²) in [6.07, 6.45) is 5.78. The van der Waals surface area contributed by atoms with E-state index in [9.17, 15) is 13.6 Å². The highest BCUT2D eigenvalue weighted by Crippen LogP contribution is 2.34. The summed E-state index contributed by atoms with van der Waals surface area (Å²) in [5, 5.41) is 10.8. The molecule has 4 aromatic heterocycles. The standard InChI is InChI=1S/C23H17F2N9O/c24-14-7-16(22(17(25)8-14)33-11-29-31-32-33)13-5-15-2-3-19(34(15)21(35)6-13)23-28-10-18(30-23)12-1-4-20(26)27-9-12/h1,4-11,19H,2-3H2,(H2,26,27)(H,28,30)/t19-/m0/s1. The lowest BCUT2D eigenvalue weighted by Gasteiger charge is -2.15. The minimum absolute atomic E-state index is 0.0388. The van der Waals surface area contributed by atoms with Crippen LogP contribution in [0.1, 0.15) is 24.0 Å². The Morgan fingerprint density at radius 2 is 1.94 bits per heavy atom. The fraction of sp³-hybridized carbons (Fsp3) is 0.130. The quantitative estimate of drug-likeness (QED) is 0.410. The van der Waals surface area contributed by atoms with Gasteiger partial charge in [0, 0.05) is 35.2 Å². The van der Waals surface area contributed by atoms with Gasteiger partial charge in [-0.1, -0.05) is 0 Å². The number of nitrogen functional groups attached to an aromatic ring is 1. The number of fused-ring (bicyclic) bond motifs is 1. The van der Waals surface area contributed by atoms with Crippen molar-refractivity contribution in [1.29, 1.82) is 0 Å². The van der Waals surface area contributed by atoms with Crippen molar-refractivity contribution in [3.8, 4) is 28.1 Å². The van der Waals surface area contributed by atoms with Crippen LogP contribution in [0.25, 0.3) is 28.1 Å². The monoisotopic (exact) mass is 473 g/mol. The zero-order chi connectivity index (χ0) is 24.1. The van der Waals surface area contributed by atoms with Gasteiger partial charge in [0.25, 0.3) is 5.56 Å². The Morgan fingerprint density at radius 1 is 1.06 bits per heavy atom. The molecule has 174 valence electrons. The minimum Gasteiger partial charge on any atom is -0.384 e. The number of pyridine rings is 2. The fourth-order valence-corrected chi connectivity index (χ4v) is 4.51. The number of nitrogens with two attached hydrogens (primary N) is 1. The molecule has 0 fully saturated rings. The molecular formula is C23H17F2N9O. The van der Waals surface area contributed by atoms with Crippen LogP contribution in [0.2, 0.25) is 0 Å². The predicted octanol–water partition coefficient (Wildman–Crippen LogP) is 2.67. The van der Waals surface area contributed by atoms with Gasteiger partial charge in [-0.15, -0.1) is 5.10 Å². The van der Waals surface area contributed by atoms with Crippen molar-refractivity contribution in [2.75, 3.05) is 5.73 Å². The van der Waals surface area contributed by atoms with E-state index in [-0.39, 0.29) is 22.9 Å². The summed E-state index contributed by atoms with van der Waals surface area (Å²) in [6.45, 7) is 0. The molecule has 1 aliphatic rings. The van der Waals surface area contributed by atoms with E-state index in [0.717, 1.165) is 33.8 Å². The predicted molar refractivity (Wildman–Crippen MR) is 121 cm³/mol. The van der Waals surface area contributed by atoms with Crippen LogP contribution in [0, 0.1) is 11.6 Å². The number of aryl methyl sites for hydroxylation is 1. The topological polar surface area (TPSA) is 133 Å². The number of benzene rings is 1. The van der Waals surface area contributed by atoms with E-state index >= 15 is 0 Å². The molecule has 0 saturated carbocycles. The zero-order valence-corrected chi connectivity index (χ0v) is 18.1. The van der Waals surface area contributed by atoms with Crippen molar-refractivity contribution >= 4 is 5.82 Å². The number of hydrogen-bond acceptors (Lipinski definition) is 7. The lowest BCUT2D eigenvalue weighted by molar-refractivity contribution is 0.570. The Balaban J connectivity index is 1.41. The number of aromatic amines is 1. The van der Waals surface area contributed by atoms with Crippen LogP contribution in [0.3, 0.4) is 0 Å². The fourth-order valence-electron chi connectivity index (χ4n) is 4.51. The summed E-state index contributed by atoms with van der Waals surface area (Å²) >= 11 is 0. The van der Waals surface area contributed by atoms with E-state index in [4.69, 9.17) is 5.73 Å². The van der Waals surface area contributed by atoms with Crippen LogP contribution in [0.4, 0.5) is 14.6 Å². The number of nitrogens with one attached hydrogen (secondary N) is 1. The number of aromatic nitrogens is 8. The molecule has 1 aliphatic heterocycles. The van der Waals surface area contributed by atoms with Gasteiger partial charge >= 0.3 is 0 Å². The Labute approximate surface area is 196 Å². The number of imidazole rings is 1. The summed E-state index contributed by atoms with van der Waals surface area (Å²) in [5.41, 5.74) is 8.18. The molecule has 12 heteroatoms. The lowest BCUT2D eigenvalue weighted by Crippen LogP contribution is -2.24. The van der Waals surface area contributed by atoms with Crippen LogP contribution < -0.4 is 11.3 Å². The van der Waals surface area contributed by atoms with Gasteiger partial charge in [0.2, 0.25) is 0 Å². The van der Waals surface area contributed by atoms with Crippen molar-refractivity contribution in [3.63, 3.8) is 0 Å². The molecule has 1 aromatic carbocycles. The van der Waals surface area contributed by atoms with Gasteiger partial charge < -0.3 is 15.3 Å². The second kappa shape index (κ2) is 7.94. The molecule has 3 N–H and O–H groups in total.